The molecule has 2 aromatic rings. The number of rotatable bonds is 0. The van der Waals surface area contributed by atoms with Gasteiger partial charge in [0.15, 0.2) is 11.3 Å². The van der Waals surface area contributed by atoms with Crippen LogP contribution in [0.3, 0.4) is 0 Å². The van der Waals surface area contributed by atoms with Crippen molar-refractivity contribution in [2.45, 2.75) is 0 Å². The zero-order chi connectivity index (χ0) is 8.55. The molecule has 0 atom stereocenters. The molecule has 1 N–H and O–H groups in total. The quantitative estimate of drug-likeness (QED) is 0.573. The van der Waals surface area contributed by atoms with Gasteiger partial charge in [-0.25, -0.2) is 0 Å². The first-order chi connectivity index (χ1) is 5.83. The predicted octanol–water partition coefficient (Wildman–Crippen LogP) is -0.298. The topological polar surface area (TPSA) is 87.1 Å². The zero-order valence-corrected chi connectivity index (χ0v) is 5.84. The minimum atomic E-state index is -0.141. The van der Waals surface area contributed by atoms with Gasteiger partial charge in [0.2, 0.25) is 0 Å². The largest absolute Gasteiger partial charge is 0.504 e. The standard InChI is InChI=1S/C6H3N5O/c7-1-4-2-9-11-5(6(4)12)3-8-10-11/h2-3,12H. The summed E-state index contributed by atoms with van der Waals surface area (Å²) in [6, 6.07) is 1.80. The lowest BCUT2D eigenvalue weighted by Crippen LogP contribution is -1.94. The summed E-state index contributed by atoms with van der Waals surface area (Å²) in [6.45, 7) is 0. The van der Waals surface area contributed by atoms with E-state index in [0.29, 0.717) is 5.52 Å². The molecule has 0 fully saturated rings. The molecule has 0 spiro atoms. The highest BCUT2D eigenvalue weighted by Crippen LogP contribution is 2.19. The second kappa shape index (κ2) is 2.17. The second-order valence-corrected chi connectivity index (χ2v) is 2.13. The third-order valence-corrected chi connectivity index (χ3v) is 1.45. The van der Waals surface area contributed by atoms with Crippen LogP contribution in [-0.2, 0) is 0 Å². The van der Waals surface area contributed by atoms with Crippen molar-refractivity contribution in [2.24, 2.45) is 0 Å². The number of fused-ring (bicyclic) bond motifs is 1. The molecular formula is C6H3N5O. The molecule has 0 aliphatic heterocycles. The number of nitriles is 1. The second-order valence-electron chi connectivity index (χ2n) is 2.13. The van der Waals surface area contributed by atoms with Crippen molar-refractivity contribution in [3.05, 3.63) is 18.0 Å². The van der Waals surface area contributed by atoms with Crippen LogP contribution < -0.4 is 0 Å². The van der Waals surface area contributed by atoms with Crippen molar-refractivity contribution in [3.63, 3.8) is 0 Å². The average molecular weight is 161 g/mol. The minimum Gasteiger partial charge on any atom is -0.504 e. The van der Waals surface area contributed by atoms with E-state index in [9.17, 15) is 5.11 Å². The highest BCUT2D eigenvalue weighted by molar-refractivity contribution is 5.62. The molecule has 58 valence electrons. The number of hydrogen-bond donors (Lipinski definition) is 1. The van der Waals surface area contributed by atoms with Gasteiger partial charge in [0, 0.05) is 0 Å². The summed E-state index contributed by atoms with van der Waals surface area (Å²) in [5, 5.41) is 28.7. The van der Waals surface area contributed by atoms with Crippen LogP contribution in [0.25, 0.3) is 5.52 Å². The van der Waals surface area contributed by atoms with Gasteiger partial charge in [-0.3, -0.25) is 0 Å². The summed E-state index contributed by atoms with van der Waals surface area (Å²) in [7, 11) is 0. The molecule has 0 aliphatic rings. The highest BCUT2D eigenvalue weighted by Gasteiger charge is 2.07. The van der Waals surface area contributed by atoms with E-state index in [0.717, 1.165) is 4.63 Å². The van der Waals surface area contributed by atoms with E-state index in [1.165, 1.54) is 12.4 Å². The van der Waals surface area contributed by atoms with E-state index in [-0.39, 0.29) is 11.3 Å². The van der Waals surface area contributed by atoms with E-state index in [4.69, 9.17) is 5.26 Å². The Balaban J connectivity index is 2.89. The first-order valence-electron chi connectivity index (χ1n) is 3.11. The van der Waals surface area contributed by atoms with Crippen LogP contribution in [0, 0.1) is 11.3 Å². The van der Waals surface area contributed by atoms with Gasteiger partial charge in [0.1, 0.15) is 11.6 Å². The normalized spacial score (nSPS) is 9.92. The smallest absolute Gasteiger partial charge is 0.164 e. The molecule has 0 saturated heterocycles. The van der Waals surface area contributed by atoms with Gasteiger partial charge in [-0.15, -0.1) is 9.73 Å². The maximum Gasteiger partial charge on any atom is 0.164 e. The Morgan fingerprint density at radius 3 is 3.08 bits per heavy atom. The predicted molar refractivity (Wildman–Crippen MR) is 37.2 cm³/mol. The first-order valence-corrected chi connectivity index (χ1v) is 3.11. The number of aromatic hydroxyl groups is 1. The van der Waals surface area contributed by atoms with Crippen molar-refractivity contribution in [3.8, 4) is 11.8 Å². The van der Waals surface area contributed by atoms with E-state index >= 15 is 0 Å². The third kappa shape index (κ3) is 0.703. The zero-order valence-electron chi connectivity index (χ0n) is 5.84. The Morgan fingerprint density at radius 2 is 2.33 bits per heavy atom. The maximum atomic E-state index is 9.38. The van der Waals surface area contributed by atoms with Crippen molar-refractivity contribution in [2.75, 3.05) is 0 Å². The van der Waals surface area contributed by atoms with Crippen LogP contribution in [0.2, 0.25) is 0 Å². The van der Waals surface area contributed by atoms with E-state index in [1.54, 1.807) is 6.07 Å². The molecule has 0 amide bonds. The third-order valence-electron chi connectivity index (χ3n) is 1.45. The summed E-state index contributed by atoms with van der Waals surface area (Å²) in [5.41, 5.74) is 0.443. The van der Waals surface area contributed by atoms with Crippen molar-refractivity contribution < 1.29 is 5.11 Å². The fraction of sp³-hybridized carbons (Fsp3) is 0. The Morgan fingerprint density at radius 1 is 1.50 bits per heavy atom. The first kappa shape index (κ1) is 6.54. The average Bonchev–Trinajstić information content (AvgIpc) is 2.53. The van der Waals surface area contributed by atoms with Crippen molar-refractivity contribution in [1.29, 1.82) is 5.26 Å². The van der Waals surface area contributed by atoms with Gasteiger partial charge < -0.3 is 5.11 Å². The summed E-state index contributed by atoms with van der Waals surface area (Å²) in [4.78, 5) is 0. The van der Waals surface area contributed by atoms with Crippen LogP contribution in [0.4, 0.5) is 0 Å². The fourth-order valence-corrected chi connectivity index (χ4v) is 0.864. The molecule has 0 aliphatic carbocycles. The lowest BCUT2D eigenvalue weighted by molar-refractivity contribution is 0.473. The maximum absolute atomic E-state index is 9.38. The molecule has 0 radical (unpaired) electrons. The van der Waals surface area contributed by atoms with E-state index in [1.807, 2.05) is 0 Å². The van der Waals surface area contributed by atoms with Gasteiger partial charge in [-0.2, -0.15) is 10.4 Å². The monoisotopic (exact) mass is 161 g/mol. The molecular weight excluding hydrogens is 158 g/mol. The van der Waals surface area contributed by atoms with E-state index in [2.05, 4.69) is 15.4 Å². The minimum absolute atomic E-state index is 0.116. The fourth-order valence-electron chi connectivity index (χ4n) is 0.864. The van der Waals surface area contributed by atoms with Gasteiger partial charge in [-0.05, 0) is 5.21 Å². The van der Waals surface area contributed by atoms with Crippen LogP contribution in [0.15, 0.2) is 12.4 Å². The van der Waals surface area contributed by atoms with Crippen molar-refractivity contribution in [1.82, 2.24) is 20.0 Å². The summed E-state index contributed by atoms with van der Waals surface area (Å²) < 4.78 is 1.15. The SMILES string of the molecule is N#Cc1cnn2nncc2c1O. The number of aromatic nitrogens is 4. The molecule has 2 rings (SSSR count). The van der Waals surface area contributed by atoms with E-state index < -0.39 is 0 Å². The molecule has 0 unspecified atom stereocenters. The molecule has 0 bridgehead atoms. The van der Waals surface area contributed by atoms with Gasteiger partial charge in [-0.1, -0.05) is 0 Å². The Bertz CT molecular complexity index is 468. The summed E-state index contributed by atoms with van der Waals surface area (Å²) in [6.07, 6.45) is 2.57. The van der Waals surface area contributed by atoms with Crippen LogP contribution in [0.5, 0.6) is 5.75 Å². The highest BCUT2D eigenvalue weighted by atomic mass is 16.3. The molecule has 2 heterocycles. The number of nitrogens with zero attached hydrogens (tertiary/aromatic N) is 5. The number of hydrogen-bond acceptors (Lipinski definition) is 5. The lowest BCUT2D eigenvalue weighted by atomic mass is 10.3. The summed E-state index contributed by atoms with van der Waals surface area (Å²) in [5.74, 6) is -0.141. The molecule has 0 saturated carbocycles. The lowest BCUT2D eigenvalue weighted by Gasteiger charge is -1.94. The van der Waals surface area contributed by atoms with Crippen LogP contribution in [-0.4, -0.2) is 25.1 Å². The van der Waals surface area contributed by atoms with Gasteiger partial charge in [0.25, 0.3) is 0 Å². The Labute approximate surface area is 66.7 Å². The van der Waals surface area contributed by atoms with Crippen LogP contribution >= 0.6 is 0 Å². The molecule has 12 heavy (non-hydrogen) atoms. The molecule has 2 aromatic heterocycles. The van der Waals surface area contributed by atoms with Gasteiger partial charge >= 0.3 is 0 Å². The van der Waals surface area contributed by atoms with Gasteiger partial charge in [0.05, 0.1) is 12.4 Å². The van der Waals surface area contributed by atoms with Crippen molar-refractivity contribution >= 4 is 5.52 Å². The Hall–Kier alpha value is -2.16. The molecule has 0 aromatic carbocycles. The molecule has 6 nitrogen and oxygen atoms in total. The Kier molecular flexibility index (Phi) is 1.18. The molecule has 6 heteroatoms. The van der Waals surface area contributed by atoms with Crippen LogP contribution in [0.1, 0.15) is 5.56 Å². The summed E-state index contributed by atoms with van der Waals surface area (Å²) >= 11 is 0.